The summed E-state index contributed by atoms with van der Waals surface area (Å²) in [6, 6.07) is 15.3. The van der Waals surface area contributed by atoms with E-state index in [2.05, 4.69) is 22.8 Å². The topological polar surface area (TPSA) is 114 Å². The standard InChI is InChI=1S/C24H28N2O6/c1-31-14-12-21(23(29)25-13-6-11-22(27)28)26-24(30)32-15-20-18-9-4-2-7-16(18)17-8-3-5-10-19(17)20/h2-5,7-10,20-21H,6,11-15H2,1H3,(H,25,29)(H,26,30)(H,27,28). The van der Waals surface area contributed by atoms with Gasteiger partial charge in [-0.05, 0) is 28.7 Å². The zero-order valence-electron chi connectivity index (χ0n) is 18.0. The number of carbonyl (C=O) groups is 3. The number of hydrogen-bond acceptors (Lipinski definition) is 5. The number of rotatable bonds is 11. The lowest BCUT2D eigenvalue weighted by molar-refractivity contribution is -0.137. The Bertz CT molecular complexity index is 916. The van der Waals surface area contributed by atoms with Crippen LogP contribution in [0.1, 0.15) is 36.3 Å². The summed E-state index contributed by atoms with van der Waals surface area (Å²) in [7, 11) is 1.51. The number of carbonyl (C=O) groups excluding carboxylic acids is 2. The van der Waals surface area contributed by atoms with Crippen molar-refractivity contribution in [3.05, 3.63) is 59.7 Å². The summed E-state index contributed by atoms with van der Waals surface area (Å²) in [6.07, 6.45) is -0.147. The molecule has 1 unspecified atom stereocenters. The quantitative estimate of drug-likeness (QED) is 0.463. The molecule has 1 aliphatic carbocycles. The highest BCUT2D eigenvalue weighted by Crippen LogP contribution is 2.44. The van der Waals surface area contributed by atoms with Crippen LogP contribution in [0.3, 0.4) is 0 Å². The summed E-state index contributed by atoms with van der Waals surface area (Å²) >= 11 is 0. The minimum atomic E-state index is -0.924. The molecule has 8 nitrogen and oxygen atoms in total. The second-order valence-corrected chi connectivity index (χ2v) is 7.59. The van der Waals surface area contributed by atoms with Crippen LogP contribution in [0.25, 0.3) is 11.1 Å². The van der Waals surface area contributed by atoms with Gasteiger partial charge >= 0.3 is 12.1 Å². The van der Waals surface area contributed by atoms with Crippen LogP contribution in [0.4, 0.5) is 4.79 Å². The van der Waals surface area contributed by atoms with E-state index >= 15 is 0 Å². The molecular weight excluding hydrogens is 412 g/mol. The van der Waals surface area contributed by atoms with E-state index in [1.54, 1.807) is 0 Å². The third-order valence-corrected chi connectivity index (χ3v) is 5.43. The van der Waals surface area contributed by atoms with Crippen LogP contribution in [-0.2, 0) is 19.1 Å². The van der Waals surface area contributed by atoms with Gasteiger partial charge in [0.2, 0.25) is 5.91 Å². The van der Waals surface area contributed by atoms with Crippen LogP contribution in [0.5, 0.6) is 0 Å². The van der Waals surface area contributed by atoms with Gasteiger partial charge in [0, 0.05) is 39.0 Å². The molecule has 0 bridgehead atoms. The van der Waals surface area contributed by atoms with Crippen LogP contribution in [0, 0.1) is 0 Å². The molecule has 0 heterocycles. The fourth-order valence-electron chi connectivity index (χ4n) is 3.86. The maximum absolute atomic E-state index is 12.5. The minimum Gasteiger partial charge on any atom is -0.481 e. The Labute approximate surface area is 186 Å². The van der Waals surface area contributed by atoms with Crippen molar-refractivity contribution in [2.24, 2.45) is 0 Å². The second kappa shape index (κ2) is 11.3. The first-order valence-corrected chi connectivity index (χ1v) is 10.6. The highest BCUT2D eigenvalue weighted by molar-refractivity contribution is 5.85. The number of amides is 2. The van der Waals surface area contributed by atoms with Gasteiger partial charge in [-0.1, -0.05) is 48.5 Å². The van der Waals surface area contributed by atoms with E-state index in [-0.39, 0.29) is 38.5 Å². The maximum Gasteiger partial charge on any atom is 0.407 e. The Kier molecular flexibility index (Phi) is 8.21. The molecule has 170 valence electrons. The van der Waals surface area contributed by atoms with Crippen molar-refractivity contribution in [3.63, 3.8) is 0 Å². The van der Waals surface area contributed by atoms with Crippen LogP contribution in [0.15, 0.2) is 48.5 Å². The summed E-state index contributed by atoms with van der Waals surface area (Å²) in [5.74, 6) is -1.40. The Morgan fingerprint density at radius 1 is 1.03 bits per heavy atom. The molecule has 0 fully saturated rings. The van der Waals surface area contributed by atoms with Crippen LogP contribution < -0.4 is 10.6 Å². The van der Waals surface area contributed by atoms with Gasteiger partial charge in [0.25, 0.3) is 0 Å². The first-order valence-electron chi connectivity index (χ1n) is 10.6. The van der Waals surface area contributed by atoms with Crippen molar-refractivity contribution < 1.29 is 29.0 Å². The predicted molar refractivity (Wildman–Crippen MR) is 118 cm³/mol. The number of benzene rings is 2. The lowest BCUT2D eigenvalue weighted by Gasteiger charge is -2.19. The van der Waals surface area contributed by atoms with E-state index in [0.29, 0.717) is 6.42 Å². The van der Waals surface area contributed by atoms with Crippen molar-refractivity contribution in [1.82, 2.24) is 10.6 Å². The average molecular weight is 440 g/mol. The molecule has 0 aromatic heterocycles. The molecule has 3 rings (SSSR count). The van der Waals surface area contributed by atoms with Gasteiger partial charge in [-0.15, -0.1) is 0 Å². The lowest BCUT2D eigenvalue weighted by Crippen LogP contribution is -2.47. The molecule has 8 heteroatoms. The number of carboxylic acid groups (broad SMARTS) is 1. The molecule has 0 saturated heterocycles. The van der Waals surface area contributed by atoms with Crippen molar-refractivity contribution in [2.45, 2.75) is 31.2 Å². The van der Waals surface area contributed by atoms with Gasteiger partial charge in [-0.25, -0.2) is 4.79 Å². The monoisotopic (exact) mass is 440 g/mol. The Morgan fingerprint density at radius 2 is 1.66 bits per heavy atom. The third kappa shape index (κ3) is 5.85. The second-order valence-electron chi connectivity index (χ2n) is 7.59. The number of methoxy groups -OCH3 is 1. The lowest BCUT2D eigenvalue weighted by atomic mass is 9.98. The molecular formula is C24H28N2O6. The number of nitrogens with one attached hydrogen (secondary N) is 2. The van der Waals surface area contributed by atoms with Gasteiger partial charge in [-0.3, -0.25) is 9.59 Å². The van der Waals surface area contributed by atoms with Crippen LogP contribution in [0.2, 0.25) is 0 Å². The highest BCUT2D eigenvalue weighted by atomic mass is 16.5. The fraction of sp³-hybridized carbons (Fsp3) is 0.375. The number of alkyl carbamates (subject to hydrolysis) is 1. The highest BCUT2D eigenvalue weighted by Gasteiger charge is 2.29. The van der Waals surface area contributed by atoms with Gasteiger partial charge < -0.3 is 25.2 Å². The molecule has 1 atom stereocenters. The molecule has 2 amide bonds. The molecule has 2 aromatic rings. The average Bonchev–Trinajstić information content (AvgIpc) is 3.11. The van der Waals surface area contributed by atoms with Gasteiger partial charge in [0.15, 0.2) is 0 Å². The molecule has 0 spiro atoms. The van der Waals surface area contributed by atoms with Crippen LogP contribution in [-0.4, -0.2) is 56.0 Å². The predicted octanol–water partition coefficient (Wildman–Crippen LogP) is 2.91. The summed E-state index contributed by atoms with van der Waals surface area (Å²) in [6.45, 7) is 0.634. The summed E-state index contributed by atoms with van der Waals surface area (Å²) in [5, 5.41) is 13.9. The third-order valence-electron chi connectivity index (χ3n) is 5.43. The molecule has 1 aliphatic rings. The molecule has 2 aromatic carbocycles. The summed E-state index contributed by atoms with van der Waals surface area (Å²) in [4.78, 5) is 35.5. The van der Waals surface area contributed by atoms with E-state index in [1.165, 1.54) is 7.11 Å². The number of fused-ring (bicyclic) bond motifs is 3. The maximum atomic E-state index is 12.5. The van der Waals surface area contributed by atoms with Gasteiger partial charge in [-0.2, -0.15) is 0 Å². The number of carboxylic acids is 1. The van der Waals surface area contributed by atoms with Crippen molar-refractivity contribution in [2.75, 3.05) is 26.9 Å². The number of hydrogen-bond donors (Lipinski definition) is 3. The first-order chi connectivity index (χ1) is 15.5. The zero-order valence-corrected chi connectivity index (χ0v) is 18.0. The molecule has 0 radical (unpaired) electrons. The molecule has 0 aliphatic heterocycles. The van der Waals surface area contributed by atoms with Crippen LogP contribution >= 0.6 is 0 Å². The van der Waals surface area contributed by atoms with E-state index in [0.717, 1.165) is 22.3 Å². The van der Waals surface area contributed by atoms with Crippen molar-refractivity contribution in [3.8, 4) is 11.1 Å². The summed E-state index contributed by atoms with van der Waals surface area (Å²) in [5.41, 5.74) is 4.48. The van der Waals surface area contributed by atoms with E-state index < -0.39 is 24.0 Å². The smallest absolute Gasteiger partial charge is 0.407 e. The number of aliphatic carboxylic acids is 1. The first kappa shape index (κ1) is 23.3. The normalized spacial score (nSPS) is 13.0. The van der Waals surface area contributed by atoms with E-state index in [1.807, 2.05) is 36.4 Å². The molecule has 0 saturated carbocycles. The van der Waals surface area contributed by atoms with E-state index in [4.69, 9.17) is 14.6 Å². The summed E-state index contributed by atoms with van der Waals surface area (Å²) < 4.78 is 10.5. The Hall–Kier alpha value is -3.39. The SMILES string of the molecule is COCCC(NC(=O)OCC1c2ccccc2-c2ccccc21)C(=O)NCCCC(=O)O. The largest absolute Gasteiger partial charge is 0.481 e. The van der Waals surface area contributed by atoms with Gasteiger partial charge in [0.1, 0.15) is 12.6 Å². The Morgan fingerprint density at radius 3 is 2.25 bits per heavy atom. The van der Waals surface area contributed by atoms with Gasteiger partial charge in [0.05, 0.1) is 0 Å². The fourth-order valence-corrected chi connectivity index (χ4v) is 3.86. The zero-order chi connectivity index (χ0) is 22.9. The van der Waals surface area contributed by atoms with Crippen molar-refractivity contribution in [1.29, 1.82) is 0 Å². The minimum absolute atomic E-state index is 0.0389. The van der Waals surface area contributed by atoms with Crippen molar-refractivity contribution >= 4 is 18.0 Å². The molecule has 32 heavy (non-hydrogen) atoms. The Balaban J connectivity index is 1.58. The van der Waals surface area contributed by atoms with E-state index in [9.17, 15) is 14.4 Å². The number of ether oxygens (including phenoxy) is 2. The molecule has 3 N–H and O–H groups in total.